The van der Waals surface area contributed by atoms with E-state index < -0.39 is 0 Å². The lowest BCUT2D eigenvalue weighted by molar-refractivity contribution is -0.121. The van der Waals surface area contributed by atoms with Crippen LogP contribution in [0.15, 0.2) is 0 Å². The maximum Gasteiger partial charge on any atom is 0.234 e. The van der Waals surface area contributed by atoms with Crippen molar-refractivity contribution in [2.45, 2.75) is 33.2 Å². The number of hydrogen-bond acceptors (Lipinski definition) is 2. The molecule has 74 valence electrons. The number of rotatable bonds is 3. The van der Waals surface area contributed by atoms with Crippen molar-refractivity contribution < 1.29 is 4.79 Å². The molecule has 0 saturated heterocycles. The normalized spacial score (nSPS) is 10.2. The molecule has 0 atom stereocenters. The van der Waals surface area contributed by atoms with Gasteiger partial charge in [-0.15, -0.1) is 5.92 Å². The van der Waals surface area contributed by atoms with Gasteiger partial charge in [0.25, 0.3) is 0 Å². The summed E-state index contributed by atoms with van der Waals surface area (Å²) in [6.45, 7) is 8.53. The van der Waals surface area contributed by atoms with Crippen LogP contribution in [-0.2, 0) is 4.79 Å². The molecule has 0 heterocycles. The fourth-order valence-electron chi connectivity index (χ4n) is 0.789. The predicted octanol–water partition coefficient (Wildman–Crippen LogP) is 0.514. The molecule has 0 aliphatic carbocycles. The number of amides is 1. The molecule has 3 heteroatoms. The van der Waals surface area contributed by atoms with Crippen LogP contribution < -0.4 is 10.6 Å². The number of hydrogen-bond donors (Lipinski definition) is 2. The summed E-state index contributed by atoms with van der Waals surface area (Å²) >= 11 is 0. The van der Waals surface area contributed by atoms with Crippen molar-refractivity contribution in [3.05, 3.63) is 0 Å². The predicted molar refractivity (Wildman–Crippen MR) is 54.2 cm³/mol. The third kappa shape index (κ3) is 8.90. The summed E-state index contributed by atoms with van der Waals surface area (Å²) in [7, 11) is 0. The SMILES string of the molecule is CC#CCNCC(=O)NC(C)(C)C. The molecule has 0 fully saturated rings. The fraction of sp³-hybridized carbons (Fsp3) is 0.700. The third-order valence-corrected chi connectivity index (χ3v) is 1.19. The molecule has 3 nitrogen and oxygen atoms in total. The minimum Gasteiger partial charge on any atom is -0.350 e. The van der Waals surface area contributed by atoms with Gasteiger partial charge in [0, 0.05) is 5.54 Å². The number of carbonyl (C=O) groups excluding carboxylic acids is 1. The van der Waals surface area contributed by atoms with Gasteiger partial charge in [-0.25, -0.2) is 0 Å². The van der Waals surface area contributed by atoms with Gasteiger partial charge >= 0.3 is 0 Å². The molecule has 0 saturated carbocycles. The summed E-state index contributed by atoms with van der Waals surface area (Å²) in [5.74, 6) is 5.58. The van der Waals surface area contributed by atoms with E-state index in [1.54, 1.807) is 6.92 Å². The Hall–Kier alpha value is -1.01. The zero-order valence-corrected chi connectivity index (χ0v) is 8.82. The van der Waals surface area contributed by atoms with E-state index >= 15 is 0 Å². The van der Waals surface area contributed by atoms with Gasteiger partial charge in [0.2, 0.25) is 5.91 Å². The Balaban J connectivity index is 3.56. The summed E-state index contributed by atoms with van der Waals surface area (Å²) in [5.41, 5.74) is -0.158. The molecule has 0 bridgehead atoms. The number of nitrogens with one attached hydrogen (secondary N) is 2. The molecule has 1 amide bonds. The Kier molecular flexibility index (Phi) is 5.17. The van der Waals surface area contributed by atoms with E-state index in [9.17, 15) is 4.79 Å². The van der Waals surface area contributed by atoms with Crippen molar-refractivity contribution in [2.75, 3.05) is 13.1 Å². The van der Waals surface area contributed by atoms with Crippen molar-refractivity contribution in [1.29, 1.82) is 0 Å². The average Bonchev–Trinajstić information content (AvgIpc) is 1.94. The summed E-state index contributed by atoms with van der Waals surface area (Å²) in [4.78, 5) is 11.2. The third-order valence-electron chi connectivity index (χ3n) is 1.19. The second-order valence-corrected chi connectivity index (χ2v) is 3.83. The molecule has 0 aromatic carbocycles. The largest absolute Gasteiger partial charge is 0.350 e. The van der Waals surface area contributed by atoms with Crippen molar-refractivity contribution >= 4 is 5.91 Å². The summed E-state index contributed by atoms with van der Waals surface area (Å²) in [6.07, 6.45) is 0. The highest BCUT2D eigenvalue weighted by Crippen LogP contribution is 1.96. The molecular formula is C10H18N2O. The first-order valence-corrected chi connectivity index (χ1v) is 4.37. The van der Waals surface area contributed by atoms with Crippen molar-refractivity contribution in [1.82, 2.24) is 10.6 Å². The van der Waals surface area contributed by atoms with Gasteiger partial charge in [-0.3, -0.25) is 10.1 Å². The van der Waals surface area contributed by atoms with Crippen LogP contribution in [0, 0.1) is 11.8 Å². The van der Waals surface area contributed by atoms with E-state index in [0.29, 0.717) is 13.1 Å². The van der Waals surface area contributed by atoms with E-state index in [2.05, 4.69) is 22.5 Å². The molecular weight excluding hydrogens is 164 g/mol. The van der Waals surface area contributed by atoms with E-state index in [1.165, 1.54) is 0 Å². The van der Waals surface area contributed by atoms with Gasteiger partial charge in [0.1, 0.15) is 0 Å². The topological polar surface area (TPSA) is 41.1 Å². The summed E-state index contributed by atoms with van der Waals surface area (Å²) in [6, 6.07) is 0. The minimum absolute atomic E-state index is 0.00500. The first kappa shape index (κ1) is 12.0. The summed E-state index contributed by atoms with van der Waals surface area (Å²) < 4.78 is 0. The van der Waals surface area contributed by atoms with Crippen LogP contribution in [0.25, 0.3) is 0 Å². The maximum absolute atomic E-state index is 11.2. The van der Waals surface area contributed by atoms with Crippen LogP contribution in [0.5, 0.6) is 0 Å². The van der Waals surface area contributed by atoms with E-state index in [1.807, 2.05) is 20.8 Å². The Bertz CT molecular complexity index is 217. The lowest BCUT2D eigenvalue weighted by Crippen LogP contribution is -2.44. The first-order valence-electron chi connectivity index (χ1n) is 4.37. The lowest BCUT2D eigenvalue weighted by atomic mass is 10.1. The zero-order valence-electron chi connectivity index (χ0n) is 8.82. The highest BCUT2D eigenvalue weighted by molar-refractivity contribution is 5.78. The quantitative estimate of drug-likeness (QED) is 0.493. The number of carbonyl (C=O) groups is 1. The molecule has 0 aliphatic heterocycles. The maximum atomic E-state index is 11.2. The first-order chi connectivity index (χ1) is 5.95. The van der Waals surface area contributed by atoms with Crippen LogP contribution in [0.2, 0.25) is 0 Å². The Labute approximate surface area is 80.3 Å². The standard InChI is InChI=1S/C10H18N2O/c1-5-6-7-11-8-9(13)12-10(2,3)4/h11H,7-8H2,1-4H3,(H,12,13). The van der Waals surface area contributed by atoms with Gasteiger partial charge in [-0.05, 0) is 27.7 Å². The molecule has 0 radical (unpaired) electrons. The van der Waals surface area contributed by atoms with Crippen molar-refractivity contribution in [3.63, 3.8) is 0 Å². The van der Waals surface area contributed by atoms with Gasteiger partial charge in [-0.2, -0.15) is 0 Å². The van der Waals surface area contributed by atoms with Gasteiger partial charge in [-0.1, -0.05) is 5.92 Å². The van der Waals surface area contributed by atoms with Gasteiger partial charge in [0.05, 0.1) is 13.1 Å². The zero-order chi connectivity index (χ0) is 10.3. The molecule has 2 N–H and O–H groups in total. The van der Waals surface area contributed by atoms with Crippen molar-refractivity contribution in [3.8, 4) is 11.8 Å². The van der Waals surface area contributed by atoms with E-state index in [4.69, 9.17) is 0 Å². The molecule has 0 aromatic rings. The minimum atomic E-state index is -0.158. The molecule has 0 spiro atoms. The van der Waals surface area contributed by atoms with E-state index in [0.717, 1.165) is 0 Å². The smallest absolute Gasteiger partial charge is 0.234 e. The molecule has 0 unspecified atom stereocenters. The molecule has 0 aliphatic rings. The Morgan fingerprint density at radius 3 is 2.46 bits per heavy atom. The Morgan fingerprint density at radius 2 is 2.00 bits per heavy atom. The van der Waals surface area contributed by atoms with Gasteiger partial charge in [0.15, 0.2) is 0 Å². The van der Waals surface area contributed by atoms with E-state index in [-0.39, 0.29) is 11.4 Å². The van der Waals surface area contributed by atoms with Crippen LogP contribution in [0.3, 0.4) is 0 Å². The second-order valence-electron chi connectivity index (χ2n) is 3.83. The van der Waals surface area contributed by atoms with Crippen molar-refractivity contribution in [2.24, 2.45) is 0 Å². The lowest BCUT2D eigenvalue weighted by Gasteiger charge is -2.20. The fourth-order valence-corrected chi connectivity index (χ4v) is 0.789. The molecule has 13 heavy (non-hydrogen) atoms. The van der Waals surface area contributed by atoms with Crippen LogP contribution >= 0.6 is 0 Å². The van der Waals surface area contributed by atoms with Crippen LogP contribution in [0.4, 0.5) is 0 Å². The average molecular weight is 182 g/mol. The monoisotopic (exact) mass is 182 g/mol. The highest BCUT2D eigenvalue weighted by atomic mass is 16.2. The van der Waals surface area contributed by atoms with Gasteiger partial charge < -0.3 is 5.32 Å². The summed E-state index contributed by atoms with van der Waals surface area (Å²) in [5, 5.41) is 5.77. The second kappa shape index (κ2) is 5.60. The van der Waals surface area contributed by atoms with Crippen LogP contribution in [-0.4, -0.2) is 24.5 Å². The molecule has 0 aromatic heterocycles. The Morgan fingerprint density at radius 1 is 1.38 bits per heavy atom. The molecule has 0 rings (SSSR count). The van der Waals surface area contributed by atoms with Crippen LogP contribution in [0.1, 0.15) is 27.7 Å². The highest BCUT2D eigenvalue weighted by Gasteiger charge is 2.12.